The zero-order valence-corrected chi connectivity index (χ0v) is 11.7. The lowest BCUT2D eigenvalue weighted by Crippen LogP contribution is -2.31. The number of aryl methyl sites for hydroxylation is 1. The zero-order chi connectivity index (χ0) is 13.7. The highest BCUT2D eigenvalue weighted by atomic mass is 32.1. The third kappa shape index (κ3) is 3.87. The summed E-state index contributed by atoms with van der Waals surface area (Å²) in [5.74, 6) is -0.116. The van der Waals surface area contributed by atoms with Crippen molar-refractivity contribution in [2.24, 2.45) is 5.73 Å². The molecule has 100 valence electrons. The first-order valence-corrected chi connectivity index (χ1v) is 7.05. The number of benzene rings is 1. The monoisotopic (exact) mass is 275 g/mol. The average Bonchev–Trinajstić information content (AvgIpc) is 2.86. The van der Waals surface area contributed by atoms with Gasteiger partial charge in [0.25, 0.3) is 0 Å². The van der Waals surface area contributed by atoms with Gasteiger partial charge in [0.1, 0.15) is 0 Å². The minimum atomic E-state index is -0.116. The summed E-state index contributed by atoms with van der Waals surface area (Å²) in [6.07, 6.45) is 0.808. The summed E-state index contributed by atoms with van der Waals surface area (Å²) in [5.41, 5.74) is 8.55. The van der Waals surface area contributed by atoms with Crippen molar-refractivity contribution in [2.45, 2.75) is 13.3 Å². The number of hydrogen-bond donors (Lipinski definition) is 2. The predicted molar refractivity (Wildman–Crippen MR) is 78.1 cm³/mol. The molecule has 0 atom stereocenters. The van der Waals surface area contributed by atoms with Crippen LogP contribution in [0.4, 0.5) is 0 Å². The molecule has 19 heavy (non-hydrogen) atoms. The standard InChI is InChI=1S/C14H17N3OS/c1-10-17-13(9-19-10)12-4-2-11(3-5-12)6-7-16-14(18)8-15/h2-5,9H,6-8,15H2,1H3,(H,16,18). The number of aromatic nitrogens is 1. The Labute approximate surface area is 116 Å². The van der Waals surface area contributed by atoms with E-state index in [4.69, 9.17) is 5.73 Å². The van der Waals surface area contributed by atoms with E-state index in [2.05, 4.69) is 39.9 Å². The fourth-order valence-corrected chi connectivity index (χ4v) is 2.38. The number of amides is 1. The lowest BCUT2D eigenvalue weighted by Gasteiger charge is -2.04. The molecule has 1 amide bonds. The number of nitrogens with one attached hydrogen (secondary N) is 1. The first kappa shape index (κ1) is 13.7. The molecule has 0 unspecified atom stereocenters. The molecule has 1 aromatic carbocycles. The Morgan fingerprint density at radius 2 is 2.11 bits per heavy atom. The highest BCUT2D eigenvalue weighted by Gasteiger charge is 2.02. The van der Waals surface area contributed by atoms with E-state index in [1.165, 1.54) is 5.56 Å². The Morgan fingerprint density at radius 3 is 2.68 bits per heavy atom. The van der Waals surface area contributed by atoms with Crippen LogP contribution in [0.5, 0.6) is 0 Å². The smallest absolute Gasteiger partial charge is 0.233 e. The van der Waals surface area contributed by atoms with Crippen LogP contribution >= 0.6 is 11.3 Å². The van der Waals surface area contributed by atoms with Crippen LogP contribution in [0, 0.1) is 6.92 Å². The number of rotatable bonds is 5. The van der Waals surface area contributed by atoms with Crippen LogP contribution in [0.1, 0.15) is 10.6 Å². The van der Waals surface area contributed by atoms with Crippen molar-refractivity contribution in [2.75, 3.05) is 13.1 Å². The maximum Gasteiger partial charge on any atom is 0.233 e. The molecule has 4 nitrogen and oxygen atoms in total. The molecule has 0 fully saturated rings. The number of hydrogen-bond acceptors (Lipinski definition) is 4. The normalized spacial score (nSPS) is 10.4. The van der Waals surface area contributed by atoms with Crippen molar-refractivity contribution in [1.29, 1.82) is 0 Å². The minimum Gasteiger partial charge on any atom is -0.355 e. The predicted octanol–water partition coefficient (Wildman–Crippen LogP) is 1.74. The van der Waals surface area contributed by atoms with Crippen molar-refractivity contribution >= 4 is 17.2 Å². The van der Waals surface area contributed by atoms with Crippen LogP contribution in [0.15, 0.2) is 29.6 Å². The molecule has 3 N–H and O–H groups in total. The molecule has 0 aliphatic carbocycles. The number of carbonyl (C=O) groups excluding carboxylic acids is 1. The van der Waals surface area contributed by atoms with Crippen molar-refractivity contribution in [3.63, 3.8) is 0 Å². The van der Waals surface area contributed by atoms with E-state index in [1.54, 1.807) is 11.3 Å². The van der Waals surface area contributed by atoms with Gasteiger partial charge < -0.3 is 11.1 Å². The average molecular weight is 275 g/mol. The van der Waals surface area contributed by atoms with Gasteiger partial charge in [0.15, 0.2) is 0 Å². The highest BCUT2D eigenvalue weighted by Crippen LogP contribution is 2.21. The summed E-state index contributed by atoms with van der Waals surface area (Å²) < 4.78 is 0. The molecular weight excluding hydrogens is 258 g/mol. The number of nitrogens with zero attached hydrogens (tertiary/aromatic N) is 1. The van der Waals surface area contributed by atoms with Gasteiger partial charge in [0, 0.05) is 17.5 Å². The lowest BCUT2D eigenvalue weighted by atomic mass is 10.1. The summed E-state index contributed by atoms with van der Waals surface area (Å²) in [6.45, 7) is 2.66. The van der Waals surface area contributed by atoms with Crippen LogP contribution < -0.4 is 11.1 Å². The van der Waals surface area contributed by atoms with E-state index < -0.39 is 0 Å². The Kier molecular flexibility index (Phi) is 4.65. The molecular formula is C14H17N3OS. The van der Waals surface area contributed by atoms with E-state index in [0.29, 0.717) is 6.54 Å². The topological polar surface area (TPSA) is 68.0 Å². The molecule has 2 rings (SSSR count). The van der Waals surface area contributed by atoms with E-state index in [9.17, 15) is 4.79 Å². The summed E-state index contributed by atoms with van der Waals surface area (Å²) in [6, 6.07) is 8.26. The highest BCUT2D eigenvalue weighted by molar-refractivity contribution is 7.09. The molecule has 2 aromatic rings. The molecule has 0 bridgehead atoms. The lowest BCUT2D eigenvalue weighted by molar-refractivity contribution is -0.119. The number of carbonyl (C=O) groups is 1. The SMILES string of the molecule is Cc1nc(-c2ccc(CCNC(=O)CN)cc2)cs1. The van der Waals surface area contributed by atoms with Gasteiger partial charge >= 0.3 is 0 Å². The summed E-state index contributed by atoms with van der Waals surface area (Å²) in [7, 11) is 0. The second-order valence-electron chi connectivity index (χ2n) is 4.25. The third-order valence-corrected chi connectivity index (χ3v) is 3.56. The Hall–Kier alpha value is -1.72. The van der Waals surface area contributed by atoms with Gasteiger partial charge in [-0.25, -0.2) is 4.98 Å². The first-order chi connectivity index (χ1) is 9.19. The Balaban J connectivity index is 1.93. The molecule has 0 aliphatic rings. The van der Waals surface area contributed by atoms with Gasteiger partial charge in [0.2, 0.25) is 5.91 Å². The summed E-state index contributed by atoms with van der Waals surface area (Å²) >= 11 is 1.65. The van der Waals surface area contributed by atoms with Crippen molar-refractivity contribution in [1.82, 2.24) is 10.3 Å². The molecule has 0 spiro atoms. The quantitative estimate of drug-likeness (QED) is 0.873. The maximum absolute atomic E-state index is 11.0. The van der Waals surface area contributed by atoms with Crippen LogP contribution in [-0.4, -0.2) is 24.0 Å². The Morgan fingerprint density at radius 1 is 1.37 bits per heavy atom. The van der Waals surface area contributed by atoms with Crippen LogP contribution in [0.3, 0.4) is 0 Å². The van der Waals surface area contributed by atoms with E-state index in [0.717, 1.165) is 22.7 Å². The first-order valence-electron chi connectivity index (χ1n) is 6.17. The second-order valence-corrected chi connectivity index (χ2v) is 5.31. The largest absolute Gasteiger partial charge is 0.355 e. The summed E-state index contributed by atoms with van der Waals surface area (Å²) in [5, 5.41) is 5.89. The molecule has 1 aromatic heterocycles. The fraction of sp³-hybridized carbons (Fsp3) is 0.286. The molecule has 5 heteroatoms. The number of thiazole rings is 1. The van der Waals surface area contributed by atoms with Crippen molar-refractivity contribution < 1.29 is 4.79 Å². The molecule has 0 radical (unpaired) electrons. The van der Waals surface area contributed by atoms with Crippen LogP contribution in [0.2, 0.25) is 0 Å². The van der Waals surface area contributed by atoms with Crippen LogP contribution in [0.25, 0.3) is 11.3 Å². The van der Waals surface area contributed by atoms with E-state index in [-0.39, 0.29) is 12.5 Å². The van der Waals surface area contributed by atoms with Gasteiger partial charge in [-0.2, -0.15) is 0 Å². The molecule has 0 aliphatic heterocycles. The zero-order valence-electron chi connectivity index (χ0n) is 10.8. The van der Waals surface area contributed by atoms with Crippen molar-refractivity contribution in [3.8, 4) is 11.3 Å². The molecule has 1 heterocycles. The van der Waals surface area contributed by atoms with Gasteiger partial charge in [-0.3, -0.25) is 4.79 Å². The van der Waals surface area contributed by atoms with E-state index >= 15 is 0 Å². The maximum atomic E-state index is 11.0. The second kappa shape index (κ2) is 6.45. The molecule has 0 saturated carbocycles. The van der Waals surface area contributed by atoms with Crippen LogP contribution in [-0.2, 0) is 11.2 Å². The number of nitrogens with two attached hydrogens (primary N) is 1. The fourth-order valence-electron chi connectivity index (χ4n) is 1.76. The van der Waals surface area contributed by atoms with Gasteiger partial charge in [-0.1, -0.05) is 24.3 Å². The van der Waals surface area contributed by atoms with Gasteiger partial charge in [0.05, 0.1) is 17.2 Å². The third-order valence-electron chi connectivity index (χ3n) is 2.79. The summed E-state index contributed by atoms with van der Waals surface area (Å²) in [4.78, 5) is 15.5. The molecule has 0 saturated heterocycles. The van der Waals surface area contributed by atoms with Gasteiger partial charge in [-0.05, 0) is 18.9 Å². The van der Waals surface area contributed by atoms with E-state index in [1.807, 2.05) is 6.92 Å². The van der Waals surface area contributed by atoms with Gasteiger partial charge in [-0.15, -0.1) is 11.3 Å². The Bertz CT molecular complexity index is 548. The van der Waals surface area contributed by atoms with Crippen molar-refractivity contribution in [3.05, 3.63) is 40.2 Å². The minimum absolute atomic E-state index is 0.0438.